The van der Waals surface area contributed by atoms with Crippen LogP contribution in [0.4, 0.5) is 5.69 Å². The molecular weight excluding hydrogens is 378 g/mol. The molecule has 0 saturated heterocycles. The molecule has 0 aliphatic rings. The van der Waals surface area contributed by atoms with Gasteiger partial charge in [-0.15, -0.1) is 11.3 Å². The van der Waals surface area contributed by atoms with E-state index in [9.17, 15) is 4.79 Å². The van der Waals surface area contributed by atoms with Crippen molar-refractivity contribution in [3.63, 3.8) is 0 Å². The predicted molar refractivity (Wildman–Crippen MR) is 123 cm³/mol. The molecule has 1 amide bonds. The third-order valence-corrected chi connectivity index (χ3v) is 5.81. The van der Waals surface area contributed by atoms with Crippen LogP contribution in [0.15, 0.2) is 35.7 Å². The first-order valence-corrected chi connectivity index (χ1v) is 10.7. The Morgan fingerprint density at radius 3 is 2.38 bits per heavy atom. The molecule has 3 aromatic rings. The highest BCUT2D eigenvalue weighted by Crippen LogP contribution is 2.27. The molecule has 5 heteroatoms. The van der Waals surface area contributed by atoms with E-state index >= 15 is 0 Å². The molecule has 0 unspecified atom stereocenters. The third-order valence-electron chi connectivity index (χ3n) is 4.98. The van der Waals surface area contributed by atoms with Gasteiger partial charge in [0.15, 0.2) is 0 Å². The fourth-order valence-corrected chi connectivity index (χ4v) is 4.48. The first kappa shape index (κ1) is 21.2. The molecule has 2 aromatic carbocycles. The van der Waals surface area contributed by atoms with Crippen LogP contribution in [0.2, 0.25) is 0 Å². The van der Waals surface area contributed by atoms with Crippen molar-refractivity contribution in [2.45, 2.75) is 41.2 Å². The average molecular weight is 408 g/mol. The number of hydrogen-bond donors (Lipinski definition) is 1. The number of carbonyl (C=O) groups excluding carboxylic acids is 1. The van der Waals surface area contributed by atoms with Crippen LogP contribution < -0.4 is 5.32 Å². The van der Waals surface area contributed by atoms with Gasteiger partial charge < -0.3 is 5.32 Å². The molecule has 0 saturated carbocycles. The van der Waals surface area contributed by atoms with Crippen molar-refractivity contribution in [3.8, 4) is 11.3 Å². The number of rotatable bonds is 6. The molecule has 1 aromatic heterocycles. The van der Waals surface area contributed by atoms with E-state index in [0.717, 1.165) is 27.5 Å². The van der Waals surface area contributed by atoms with E-state index in [2.05, 4.69) is 61.8 Å². The summed E-state index contributed by atoms with van der Waals surface area (Å²) in [6, 6.07) is 10.6. The van der Waals surface area contributed by atoms with Crippen LogP contribution in [-0.4, -0.2) is 29.4 Å². The molecule has 0 bridgehead atoms. The molecule has 29 heavy (non-hydrogen) atoms. The van der Waals surface area contributed by atoms with Crippen LogP contribution in [0.5, 0.6) is 0 Å². The van der Waals surface area contributed by atoms with Crippen molar-refractivity contribution in [2.75, 3.05) is 18.9 Å². The summed E-state index contributed by atoms with van der Waals surface area (Å²) >= 11 is 1.64. The third kappa shape index (κ3) is 5.31. The number of aromatic nitrogens is 1. The maximum Gasteiger partial charge on any atom is 0.238 e. The Bertz CT molecular complexity index is 1020. The van der Waals surface area contributed by atoms with E-state index < -0.39 is 0 Å². The average Bonchev–Trinajstić information content (AvgIpc) is 3.08. The topological polar surface area (TPSA) is 45.2 Å². The Morgan fingerprint density at radius 2 is 1.69 bits per heavy atom. The first-order chi connectivity index (χ1) is 13.7. The van der Waals surface area contributed by atoms with Crippen molar-refractivity contribution in [1.29, 1.82) is 0 Å². The summed E-state index contributed by atoms with van der Waals surface area (Å²) in [5, 5.41) is 6.18. The van der Waals surface area contributed by atoms with E-state index in [-0.39, 0.29) is 5.91 Å². The Morgan fingerprint density at radius 1 is 1.00 bits per heavy atom. The number of nitrogens with zero attached hydrogens (tertiary/aromatic N) is 2. The van der Waals surface area contributed by atoms with Gasteiger partial charge in [-0.05, 0) is 64.4 Å². The molecular formula is C24H29N3OS. The van der Waals surface area contributed by atoms with E-state index in [4.69, 9.17) is 4.98 Å². The fourth-order valence-electron chi connectivity index (χ4n) is 3.61. The second-order valence-corrected chi connectivity index (χ2v) is 8.88. The lowest BCUT2D eigenvalue weighted by molar-refractivity contribution is -0.117. The lowest BCUT2D eigenvalue weighted by Gasteiger charge is -2.17. The van der Waals surface area contributed by atoms with Crippen molar-refractivity contribution >= 4 is 22.9 Å². The number of carbonyl (C=O) groups is 1. The second kappa shape index (κ2) is 8.89. The first-order valence-electron chi connectivity index (χ1n) is 9.81. The van der Waals surface area contributed by atoms with E-state index in [1.807, 2.05) is 25.8 Å². The number of hydrogen-bond acceptors (Lipinski definition) is 4. The van der Waals surface area contributed by atoms with Crippen LogP contribution in [0.1, 0.15) is 32.8 Å². The van der Waals surface area contributed by atoms with Crippen LogP contribution in [0.25, 0.3) is 11.3 Å². The smallest absolute Gasteiger partial charge is 0.238 e. The van der Waals surface area contributed by atoms with E-state index in [1.54, 1.807) is 11.3 Å². The molecule has 152 valence electrons. The Kier molecular flexibility index (Phi) is 6.50. The van der Waals surface area contributed by atoms with Crippen molar-refractivity contribution < 1.29 is 4.79 Å². The molecule has 1 heterocycles. The van der Waals surface area contributed by atoms with Gasteiger partial charge >= 0.3 is 0 Å². The monoisotopic (exact) mass is 407 g/mol. The van der Waals surface area contributed by atoms with Gasteiger partial charge in [-0.3, -0.25) is 9.69 Å². The number of aryl methyl sites for hydroxylation is 5. The number of thiazole rings is 1. The zero-order valence-electron chi connectivity index (χ0n) is 18.1. The molecule has 0 spiro atoms. The van der Waals surface area contributed by atoms with Gasteiger partial charge in [0.25, 0.3) is 0 Å². The Labute approximate surface area is 177 Å². The Balaban J connectivity index is 1.63. The molecule has 1 N–H and O–H groups in total. The van der Waals surface area contributed by atoms with Gasteiger partial charge in [-0.2, -0.15) is 0 Å². The molecule has 0 aliphatic carbocycles. The number of likely N-dealkylation sites (N-methyl/N-ethyl adjacent to an activating group) is 1. The predicted octanol–water partition coefficient (Wildman–Crippen LogP) is 5.42. The lowest BCUT2D eigenvalue weighted by Crippen LogP contribution is -2.30. The molecule has 0 fully saturated rings. The van der Waals surface area contributed by atoms with E-state index in [0.29, 0.717) is 13.1 Å². The summed E-state index contributed by atoms with van der Waals surface area (Å²) in [6.45, 7) is 11.3. The maximum absolute atomic E-state index is 12.5. The minimum atomic E-state index is -0.00568. The lowest BCUT2D eigenvalue weighted by atomic mass is 10.0. The number of benzene rings is 2. The zero-order chi connectivity index (χ0) is 21.1. The standard InChI is InChI=1S/C24H29N3OS/c1-15-7-8-17(3)20(11-15)21-14-29-23(25-21)13-27(6)12-22(28)26-24-18(4)9-16(2)10-19(24)5/h7-11,14H,12-13H2,1-6H3,(H,26,28). The highest BCUT2D eigenvalue weighted by molar-refractivity contribution is 7.09. The van der Waals surface area contributed by atoms with Crippen molar-refractivity contribution in [2.24, 2.45) is 0 Å². The second-order valence-electron chi connectivity index (χ2n) is 7.94. The quantitative estimate of drug-likeness (QED) is 0.593. The zero-order valence-corrected chi connectivity index (χ0v) is 18.9. The minimum absolute atomic E-state index is 0.00568. The van der Waals surface area contributed by atoms with Crippen molar-refractivity contribution in [3.05, 3.63) is 68.5 Å². The highest BCUT2D eigenvalue weighted by Gasteiger charge is 2.13. The van der Waals surface area contributed by atoms with Gasteiger partial charge in [0.2, 0.25) is 5.91 Å². The molecule has 0 atom stereocenters. The molecule has 0 radical (unpaired) electrons. The summed E-state index contributed by atoms with van der Waals surface area (Å²) in [4.78, 5) is 19.3. The largest absolute Gasteiger partial charge is 0.324 e. The summed E-state index contributed by atoms with van der Waals surface area (Å²) in [5.41, 5.74) is 8.96. The van der Waals surface area contributed by atoms with Gasteiger partial charge in [0.05, 0.1) is 18.8 Å². The Hall–Kier alpha value is -2.50. The number of anilines is 1. The minimum Gasteiger partial charge on any atom is -0.324 e. The number of amides is 1. The van der Waals surface area contributed by atoms with Gasteiger partial charge in [-0.25, -0.2) is 4.98 Å². The summed E-state index contributed by atoms with van der Waals surface area (Å²) in [5.74, 6) is -0.00568. The fraction of sp³-hybridized carbons (Fsp3) is 0.333. The van der Waals surface area contributed by atoms with Crippen molar-refractivity contribution in [1.82, 2.24) is 9.88 Å². The van der Waals surface area contributed by atoms with E-state index in [1.165, 1.54) is 22.3 Å². The summed E-state index contributed by atoms with van der Waals surface area (Å²) in [7, 11) is 1.95. The van der Waals surface area contributed by atoms with Gasteiger partial charge in [-0.1, -0.05) is 35.4 Å². The number of nitrogens with one attached hydrogen (secondary N) is 1. The van der Waals surface area contributed by atoms with Crippen LogP contribution in [-0.2, 0) is 11.3 Å². The molecule has 0 aliphatic heterocycles. The highest BCUT2D eigenvalue weighted by atomic mass is 32.1. The van der Waals surface area contributed by atoms with Gasteiger partial charge in [0.1, 0.15) is 5.01 Å². The normalized spacial score (nSPS) is 11.1. The maximum atomic E-state index is 12.5. The van der Waals surface area contributed by atoms with Crippen LogP contribution in [0, 0.1) is 34.6 Å². The SMILES string of the molecule is Cc1cc(C)c(NC(=O)CN(C)Cc2nc(-c3cc(C)ccc3C)cs2)c(C)c1. The van der Waals surface area contributed by atoms with Gasteiger partial charge in [0, 0.05) is 16.6 Å². The van der Waals surface area contributed by atoms with Crippen LogP contribution in [0.3, 0.4) is 0 Å². The summed E-state index contributed by atoms with van der Waals surface area (Å²) in [6.07, 6.45) is 0. The van der Waals surface area contributed by atoms with Crippen LogP contribution >= 0.6 is 11.3 Å². The molecule has 4 nitrogen and oxygen atoms in total. The molecule has 3 rings (SSSR count). The summed E-state index contributed by atoms with van der Waals surface area (Å²) < 4.78 is 0.